The zero-order valence-electron chi connectivity index (χ0n) is 7.40. The Labute approximate surface area is 82.9 Å². The molecule has 0 saturated carbocycles. The van der Waals surface area contributed by atoms with Crippen molar-refractivity contribution in [2.75, 3.05) is 10.8 Å². The molecule has 1 amide bonds. The number of thiol groups is 1. The lowest BCUT2D eigenvalue weighted by atomic mass is 10.2. The number of anilines is 1. The van der Waals surface area contributed by atoms with Gasteiger partial charge < -0.3 is 0 Å². The van der Waals surface area contributed by atoms with Gasteiger partial charge in [0.2, 0.25) is 0 Å². The van der Waals surface area contributed by atoms with Crippen LogP contribution in [0.15, 0.2) is 24.3 Å². The van der Waals surface area contributed by atoms with Crippen LogP contribution in [0.3, 0.4) is 0 Å². The summed E-state index contributed by atoms with van der Waals surface area (Å²) in [6.07, 6.45) is 0. The van der Waals surface area contributed by atoms with Gasteiger partial charge in [-0.25, -0.2) is 10.9 Å². The summed E-state index contributed by atoms with van der Waals surface area (Å²) in [5.41, 5.74) is 1.82. The van der Waals surface area contributed by atoms with Crippen molar-refractivity contribution in [1.82, 2.24) is 0 Å². The summed E-state index contributed by atoms with van der Waals surface area (Å²) in [7, 11) is 0. The van der Waals surface area contributed by atoms with Gasteiger partial charge in [-0.05, 0) is 19.1 Å². The minimum atomic E-state index is -0.216. The highest BCUT2D eigenvalue weighted by Gasteiger charge is 2.08. The molecule has 0 atom stereocenters. The normalized spacial score (nSPS) is 9.77. The second-order valence-electron chi connectivity index (χ2n) is 2.76. The second-order valence-corrected chi connectivity index (χ2v) is 3.07. The van der Waals surface area contributed by atoms with Gasteiger partial charge in [-0.3, -0.25) is 4.79 Å². The van der Waals surface area contributed by atoms with Crippen LogP contribution in [0.4, 0.5) is 5.69 Å². The maximum Gasteiger partial charge on any atom is 0.250 e. The number of rotatable bonds is 2. The SMILES string of the molecule is Cc1ccc(N(N)C(=O)CS)cc1. The largest absolute Gasteiger partial charge is 0.272 e. The van der Waals surface area contributed by atoms with Crippen molar-refractivity contribution in [2.45, 2.75) is 6.92 Å². The molecule has 0 unspecified atom stereocenters. The number of carbonyl (C=O) groups is 1. The molecule has 2 N–H and O–H groups in total. The Bertz CT molecular complexity index is 297. The predicted octanol–water partition coefficient (Wildman–Crippen LogP) is 1.13. The quantitative estimate of drug-likeness (QED) is 0.322. The van der Waals surface area contributed by atoms with Crippen molar-refractivity contribution in [3.63, 3.8) is 0 Å². The Hall–Kier alpha value is -1.00. The summed E-state index contributed by atoms with van der Waals surface area (Å²) in [6, 6.07) is 7.41. The van der Waals surface area contributed by atoms with E-state index in [-0.39, 0.29) is 11.7 Å². The molecule has 1 aromatic carbocycles. The molecule has 0 saturated heterocycles. The average molecular weight is 196 g/mol. The van der Waals surface area contributed by atoms with Gasteiger partial charge in [-0.2, -0.15) is 12.6 Å². The molecule has 0 spiro atoms. The highest BCUT2D eigenvalue weighted by atomic mass is 32.1. The van der Waals surface area contributed by atoms with Gasteiger partial charge in [-0.15, -0.1) is 0 Å². The van der Waals surface area contributed by atoms with Gasteiger partial charge >= 0.3 is 0 Å². The third-order valence-corrected chi connectivity index (χ3v) is 1.99. The summed E-state index contributed by atoms with van der Waals surface area (Å²) in [4.78, 5) is 11.1. The molecule has 0 bridgehead atoms. The first-order valence-electron chi connectivity index (χ1n) is 3.90. The van der Waals surface area contributed by atoms with Gasteiger partial charge in [0.05, 0.1) is 11.4 Å². The fourth-order valence-corrected chi connectivity index (χ4v) is 1.08. The second kappa shape index (κ2) is 4.30. The molecule has 0 fully saturated rings. The third-order valence-electron chi connectivity index (χ3n) is 1.72. The van der Waals surface area contributed by atoms with E-state index in [1.54, 1.807) is 12.1 Å². The van der Waals surface area contributed by atoms with Crippen LogP contribution < -0.4 is 10.9 Å². The van der Waals surface area contributed by atoms with Crippen LogP contribution in [0.2, 0.25) is 0 Å². The first kappa shape index (κ1) is 10.1. The van der Waals surface area contributed by atoms with E-state index in [4.69, 9.17) is 5.84 Å². The number of hydrogen-bond donors (Lipinski definition) is 2. The van der Waals surface area contributed by atoms with Crippen molar-refractivity contribution in [2.24, 2.45) is 5.84 Å². The Balaban J connectivity index is 2.83. The fourth-order valence-electron chi connectivity index (χ4n) is 0.926. The van der Waals surface area contributed by atoms with Gasteiger partial charge in [0.15, 0.2) is 0 Å². The highest BCUT2D eigenvalue weighted by Crippen LogP contribution is 2.11. The molecule has 0 aliphatic carbocycles. The average Bonchev–Trinajstić information content (AvgIpc) is 2.17. The van der Waals surface area contributed by atoms with Crippen LogP contribution in [-0.4, -0.2) is 11.7 Å². The zero-order chi connectivity index (χ0) is 9.84. The molecule has 0 aromatic heterocycles. The van der Waals surface area contributed by atoms with Crippen LogP contribution in [0, 0.1) is 6.92 Å². The molecule has 1 rings (SSSR count). The summed E-state index contributed by atoms with van der Waals surface area (Å²) < 4.78 is 0. The highest BCUT2D eigenvalue weighted by molar-refractivity contribution is 7.81. The van der Waals surface area contributed by atoms with Crippen LogP contribution in [-0.2, 0) is 4.79 Å². The molecular weight excluding hydrogens is 184 g/mol. The molecular formula is C9H12N2OS. The molecule has 0 aliphatic heterocycles. The molecule has 0 aliphatic rings. The van der Waals surface area contributed by atoms with Crippen molar-refractivity contribution in [1.29, 1.82) is 0 Å². The Morgan fingerprint density at radius 2 is 2.00 bits per heavy atom. The molecule has 13 heavy (non-hydrogen) atoms. The van der Waals surface area contributed by atoms with E-state index in [0.29, 0.717) is 5.69 Å². The lowest BCUT2D eigenvalue weighted by molar-refractivity contribution is -0.116. The molecule has 0 heterocycles. The summed E-state index contributed by atoms with van der Waals surface area (Å²) >= 11 is 3.85. The summed E-state index contributed by atoms with van der Waals surface area (Å²) in [5, 5.41) is 1.10. The van der Waals surface area contributed by atoms with Gasteiger partial charge in [-0.1, -0.05) is 17.7 Å². The van der Waals surface area contributed by atoms with Crippen LogP contribution in [0.5, 0.6) is 0 Å². The lowest BCUT2D eigenvalue weighted by Crippen LogP contribution is -2.38. The number of benzene rings is 1. The molecule has 70 valence electrons. The Kier molecular flexibility index (Phi) is 3.33. The zero-order valence-corrected chi connectivity index (χ0v) is 8.29. The number of nitrogens with two attached hydrogens (primary N) is 1. The van der Waals surface area contributed by atoms with Crippen molar-refractivity contribution < 1.29 is 4.79 Å². The van der Waals surface area contributed by atoms with E-state index >= 15 is 0 Å². The maximum absolute atomic E-state index is 11.1. The summed E-state index contributed by atoms with van der Waals surface area (Å²) in [5.74, 6) is 5.43. The molecule has 3 nitrogen and oxygen atoms in total. The number of hydrazine groups is 1. The Morgan fingerprint density at radius 3 is 2.46 bits per heavy atom. The van der Waals surface area contributed by atoms with Crippen molar-refractivity contribution >= 4 is 24.2 Å². The smallest absolute Gasteiger partial charge is 0.250 e. The van der Waals surface area contributed by atoms with E-state index < -0.39 is 0 Å². The van der Waals surface area contributed by atoms with Crippen molar-refractivity contribution in [3.05, 3.63) is 29.8 Å². The van der Waals surface area contributed by atoms with Gasteiger partial charge in [0.1, 0.15) is 0 Å². The van der Waals surface area contributed by atoms with Crippen molar-refractivity contribution in [3.8, 4) is 0 Å². The van der Waals surface area contributed by atoms with E-state index in [9.17, 15) is 4.79 Å². The number of aryl methyl sites for hydroxylation is 1. The maximum atomic E-state index is 11.1. The van der Waals surface area contributed by atoms with E-state index in [2.05, 4.69) is 12.6 Å². The monoisotopic (exact) mass is 196 g/mol. The van der Waals surface area contributed by atoms with Crippen LogP contribution in [0.1, 0.15) is 5.56 Å². The van der Waals surface area contributed by atoms with Crippen LogP contribution >= 0.6 is 12.6 Å². The minimum absolute atomic E-state index is 0.115. The lowest BCUT2D eigenvalue weighted by Gasteiger charge is -2.15. The third kappa shape index (κ3) is 2.47. The van der Waals surface area contributed by atoms with Crippen LogP contribution in [0.25, 0.3) is 0 Å². The van der Waals surface area contributed by atoms with E-state index in [1.807, 2.05) is 19.1 Å². The molecule has 0 radical (unpaired) electrons. The number of hydrogen-bond acceptors (Lipinski definition) is 3. The summed E-state index contributed by atoms with van der Waals surface area (Å²) in [6.45, 7) is 1.98. The number of carbonyl (C=O) groups excluding carboxylic acids is 1. The topological polar surface area (TPSA) is 46.3 Å². The minimum Gasteiger partial charge on any atom is -0.272 e. The Morgan fingerprint density at radius 1 is 1.46 bits per heavy atom. The molecule has 1 aromatic rings. The predicted molar refractivity (Wildman–Crippen MR) is 56.7 cm³/mol. The first-order chi connectivity index (χ1) is 6.15. The van der Waals surface area contributed by atoms with Gasteiger partial charge in [0, 0.05) is 0 Å². The van der Waals surface area contributed by atoms with Gasteiger partial charge in [0.25, 0.3) is 5.91 Å². The molecule has 4 heteroatoms. The van der Waals surface area contributed by atoms with E-state index in [1.165, 1.54) is 0 Å². The number of nitrogens with zero attached hydrogens (tertiary/aromatic N) is 1. The first-order valence-corrected chi connectivity index (χ1v) is 4.53. The standard InChI is InChI=1S/C9H12N2OS/c1-7-2-4-8(5-3-7)11(10)9(12)6-13/h2-5,13H,6,10H2,1H3. The number of amides is 1. The fraction of sp³-hybridized carbons (Fsp3) is 0.222. The van der Waals surface area contributed by atoms with E-state index in [0.717, 1.165) is 10.6 Å².